The van der Waals surface area contributed by atoms with Crippen molar-refractivity contribution in [2.45, 2.75) is 6.92 Å². The lowest BCUT2D eigenvalue weighted by Crippen LogP contribution is -2.01. The molecule has 5 aromatic rings. The molecule has 0 saturated carbocycles. The summed E-state index contributed by atoms with van der Waals surface area (Å²) < 4.78 is 2.04. The fourth-order valence-electron chi connectivity index (χ4n) is 3.12. The van der Waals surface area contributed by atoms with Crippen LogP contribution in [0.25, 0.3) is 28.0 Å². The molecule has 0 radical (unpaired) electrons. The number of aromatic amines is 1. The quantitative estimate of drug-likeness (QED) is 0.447. The van der Waals surface area contributed by atoms with E-state index in [1.807, 2.05) is 78.5 Å². The van der Waals surface area contributed by atoms with Crippen LogP contribution in [0.15, 0.2) is 67.0 Å². The molecule has 0 amide bonds. The smallest absolute Gasteiger partial charge is 0.224 e. The van der Waals surface area contributed by atoms with E-state index in [4.69, 9.17) is 21.6 Å². The normalized spacial score (nSPS) is 11.1. The van der Waals surface area contributed by atoms with Crippen molar-refractivity contribution >= 4 is 34.3 Å². The largest absolute Gasteiger partial charge is 0.324 e. The summed E-state index contributed by atoms with van der Waals surface area (Å²) in [6, 6.07) is 17.5. The first kappa shape index (κ1) is 17.4. The number of benzene rings is 2. The van der Waals surface area contributed by atoms with Crippen LogP contribution in [0.1, 0.15) is 5.82 Å². The van der Waals surface area contributed by atoms with Crippen molar-refractivity contribution in [3.63, 3.8) is 0 Å². The van der Waals surface area contributed by atoms with Crippen molar-refractivity contribution in [2.24, 2.45) is 0 Å². The molecule has 29 heavy (non-hydrogen) atoms. The van der Waals surface area contributed by atoms with Crippen LogP contribution in [0.4, 0.5) is 11.8 Å². The summed E-state index contributed by atoms with van der Waals surface area (Å²) in [5, 5.41) is 11.7. The van der Waals surface area contributed by atoms with Crippen molar-refractivity contribution in [1.82, 2.24) is 29.7 Å². The van der Waals surface area contributed by atoms with Crippen molar-refractivity contribution in [3.05, 3.63) is 77.8 Å². The van der Waals surface area contributed by atoms with Crippen LogP contribution in [0, 0.1) is 6.92 Å². The number of rotatable bonds is 4. The van der Waals surface area contributed by atoms with E-state index in [-0.39, 0.29) is 0 Å². The Morgan fingerprint density at radius 1 is 0.966 bits per heavy atom. The van der Waals surface area contributed by atoms with Gasteiger partial charge in [-0.2, -0.15) is 10.1 Å². The number of nitrogens with one attached hydrogen (secondary N) is 2. The van der Waals surface area contributed by atoms with E-state index < -0.39 is 0 Å². The zero-order valence-corrected chi connectivity index (χ0v) is 16.2. The molecule has 5 rings (SSSR count). The van der Waals surface area contributed by atoms with E-state index in [9.17, 15) is 0 Å². The van der Waals surface area contributed by atoms with Gasteiger partial charge in [-0.1, -0.05) is 11.6 Å². The minimum atomic E-state index is 0.527. The SMILES string of the molecule is Cc1n[nH]c(Nc2nc(-c3ccc(Cl)cc3)nc3cc(-n4cccc4)ccc23)n1. The third kappa shape index (κ3) is 3.43. The molecule has 0 bridgehead atoms. The van der Waals surface area contributed by atoms with Gasteiger partial charge in [0.05, 0.1) is 5.52 Å². The Bertz CT molecular complexity index is 1290. The maximum atomic E-state index is 6.04. The van der Waals surface area contributed by atoms with E-state index in [1.165, 1.54) is 0 Å². The third-order valence-corrected chi connectivity index (χ3v) is 4.77. The Morgan fingerprint density at radius 3 is 2.48 bits per heavy atom. The number of aromatic nitrogens is 6. The topological polar surface area (TPSA) is 84.3 Å². The van der Waals surface area contributed by atoms with Crippen LogP contribution in [0.2, 0.25) is 5.02 Å². The van der Waals surface area contributed by atoms with Gasteiger partial charge in [0.15, 0.2) is 5.82 Å². The highest BCUT2D eigenvalue weighted by atomic mass is 35.5. The van der Waals surface area contributed by atoms with Gasteiger partial charge in [0.1, 0.15) is 11.6 Å². The van der Waals surface area contributed by atoms with Gasteiger partial charge in [-0.15, -0.1) is 0 Å². The average Bonchev–Trinajstić information content (AvgIpc) is 3.40. The monoisotopic (exact) mass is 401 g/mol. The van der Waals surface area contributed by atoms with E-state index in [0.717, 1.165) is 22.2 Å². The number of H-pyrrole nitrogens is 1. The van der Waals surface area contributed by atoms with Gasteiger partial charge in [-0.05, 0) is 61.5 Å². The third-order valence-electron chi connectivity index (χ3n) is 4.52. The fraction of sp³-hybridized carbons (Fsp3) is 0.0476. The Hall–Kier alpha value is -3.71. The highest BCUT2D eigenvalue weighted by Crippen LogP contribution is 2.28. The van der Waals surface area contributed by atoms with E-state index in [1.54, 1.807) is 0 Å². The number of aryl methyl sites for hydroxylation is 1. The summed E-state index contributed by atoms with van der Waals surface area (Å²) in [6.07, 6.45) is 4.00. The van der Waals surface area contributed by atoms with Crippen LogP contribution in [-0.4, -0.2) is 29.7 Å². The lowest BCUT2D eigenvalue weighted by atomic mass is 10.1. The average molecular weight is 402 g/mol. The van der Waals surface area contributed by atoms with Gasteiger partial charge in [-0.25, -0.2) is 15.1 Å². The van der Waals surface area contributed by atoms with Crippen molar-refractivity contribution in [3.8, 4) is 17.1 Å². The fourth-order valence-corrected chi connectivity index (χ4v) is 3.25. The number of hydrogen-bond donors (Lipinski definition) is 2. The number of nitrogens with zero attached hydrogens (tertiary/aromatic N) is 5. The van der Waals surface area contributed by atoms with Crippen LogP contribution < -0.4 is 5.32 Å². The minimum absolute atomic E-state index is 0.527. The number of halogens is 1. The Labute approximate surface area is 171 Å². The molecule has 7 nitrogen and oxygen atoms in total. The number of hydrogen-bond acceptors (Lipinski definition) is 5. The van der Waals surface area contributed by atoms with Gasteiger partial charge < -0.3 is 9.88 Å². The highest BCUT2D eigenvalue weighted by Gasteiger charge is 2.12. The van der Waals surface area contributed by atoms with Crippen LogP contribution in [0.5, 0.6) is 0 Å². The number of fused-ring (bicyclic) bond motifs is 1. The maximum Gasteiger partial charge on any atom is 0.224 e. The molecular formula is C21H16ClN7. The molecule has 0 unspecified atom stereocenters. The van der Waals surface area contributed by atoms with Crippen molar-refractivity contribution in [1.29, 1.82) is 0 Å². The zero-order valence-electron chi connectivity index (χ0n) is 15.5. The summed E-state index contributed by atoms with van der Waals surface area (Å²) >= 11 is 6.04. The lowest BCUT2D eigenvalue weighted by Gasteiger charge is -2.11. The molecule has 3 aromatic heterocycles. The highest BCUT2D eigenvalue weighted by molar-refractivity contribution is 6.30. The second-order valence-corrected chi connectivity index (χ2v) is 6.99. The first-order chi connectivity index (χ1) is 14.2. The van der Waals surface area contributed by atoms with E-state index >= 15 is 0 Å². The van der Waals surface area contributed by atoms with Crippen molar-refractivity contribution < 1.29 is 0 Å². The van der Waals surface area contributed by atoms with Crippen LogP contribution >= 0.6 is 11.6 Å². The van der Waals surface area contributed by atoms with E-state index in [0.29, 0.717) is 28.4 Å². The van der Waals surface area contributed by atoms with Gasteiger partial charge >= 0.3 is 0 Å². The predicted molar refractivity (Wildman–Crippen MR) is 114 cm³/mol. The van der Waals surface area contributed by atoms with Crippen LogP contribution in [-0.2, 0) is 0 Å². The van der Waals surface area contributed by atoms with Gasteiger partial charge in [0.2, 0.25) is 5.95 Å². The molecule has 0 aliphatic heterocycles. The van der Waals surface area contributed by atoms with Crippen LogP contribution in [0.3, 0.4) is 0 Å². The Morgan fingerprint density at radius 2 is 1.76 bits per heavy atom. The predicted octanol–water partition coefficient (Wildman–Crippen LogP) is 4.91. The molecule has 142 valence electrons. The second-order valence-electron chi connectivity index (χ2n) is 6.55. The molecule has 0 fully saturated rings. The molecule has 0 aliphatic carbocycles. The lowest BCUT2D eigenvalue weighted by molar-refractivity contribution is 1.04. The molecule has 2 aromatic carbocycles. The first-order valence-corrected chi connectivity index (χ1v) is 9.41. The molecule has 2 N–H and O–H groups in total. The maximum absolute atomic E-state index is 6.04. The first-order valence-electron chi connectivity index (χ1n) is 9.03. The molecule has 0 aliphatic rings. The van der Waals surface area contributed by atoms with E-state index in [2.05, 4.69) is 20.5 Å². The zero-order chi connectivity index (χ0) is 19.8. The second kappa shape index (κ2) is 7.03. The summed E-state index contributed by atoms with van der Waals surface area (Å²) in [7, 11) is 0. The van der Waals surface area contributed by atoms with Gasteiger partial charge in [0, 0.05) is 34.1 Å². The summed E-state index contributed by atoms with van der Waals surface area (Å²) in [4.78, 5) is 13.9. The molecule has 0 spiro atoms. The molecule has 0 atom stereocenters. The number of anilines is 2. The minimum Gasteiger partial charge on any atom is -0.324 e. The summed E-state index contributed by atoms with van der Waals surface area (Å²) in [6.45, 7) is 1.82. The molecule has 3 heterocycles. The van der Waals surface area contributed by atoms with Crippen molar-refractivity contribution in [2.75, 3.05) is 5.32 Å². The Kier molecular flexibility index (Phi) is 4.22. The van der Waals surface area contributed by atoms with Gasteiger partial charge in [0.25, 0.3) is 0 Å². The summed E-state index contributed by atoms with van der Waals surface area (Å²) in [5.74, 6) is 2.42. The van der Waals surface area contributed by atoms with Gasteiger partial charge in [-0.3, -0.25) is 0 Å². The standard InChI is InChI=1S/C21H16ClN7/c1-13-23-21(28-27-13)26-20-17-9-8-16(29-10-2-3-11-29)12-18(17)24-19(25-20)14-4-6-15(22)7-5-14/h2-12H,1H3,(H2,23,24,25,26,27,28). The molecule has 8 heteroatoms. The molecular weight excluding hydrogens is 386 g/mol. The Balaban J connectivity index is 1.68. The summed E-state index contributed by atoms with van der Waals surface area (Å²) in [5.41, 5.74) is 2.71. The molecule has 0 saturated heterocycles.